The first-order valence-electron chi connectivity index (χ1n) is 6.69. The van der Waals surface area contributed by atoms with Crippen LogP contribution in [0.1, 0.15) is 0 Å². The minimum absolute atomic E-state index is 0. The van der Waals surface area contributed by atoms with Gasteiger partial charge in [-0.3, -0.25) is 0 Å². The van der Waals surface area contributed by atoms with Crippen molar-refractivity contribution in [2.75, 3.05) is 0 Å². The van der Waals surface area contributed by atoms with Crippen molar-refractivity contribution in [3.63, 3.8) is 0 Å². The molecule has 0 aliphatic heterocycles. The van der Waals surface area contributed by atoms with E-state index >= 15 is 0 Å². The molecule has 10 unspecified atom stereocenters. The Hall–Kier alpha value is -0.333. The van der Waals surface area contributed by atoms with Crippen LogP contribution in [0, 0.1) is 0 Å². The smallest absolute Gasteiger partial charge is 0.746 e. The Morgan fingerprint density at radius 3 is 0.893 bits per heavy atom. The Morgan fingerprint density at radius 2 is 0.679 bits per heavy atom. The number of hydrogen-bond donors (Lipinski definition) is 0. The van der Waals surface area contributed by atoms with Crippen molar-refractivity contribution in [2.24, 2.45) is 0 Å². The summed E-state index contributed by atoms with van der Waals surface area (Å²) in [5, 5.41) is 0. The minimum atomic E-state index is -6.20. The van der Waals surface area contributed by atoms with Crippen LogP contribution >= 0.6 is 0 Å². The van der Waals surface area contributed by atoms with Crippen LogP contribution in [0.3, 0.4) is 0 Å². The summed E-state index contributed by atoms with van der Waals surface area (Å²) in [5.41, 5.74) is -4.26. The maximum absolute atomic E-state index is 13.3. The van der Waals surface area contributed by atoms with E-state index in [1.165, 1.54) is 0 Å². The monoisotopic (exact) mass is 458 g/mol. The average Bonchev–Trinajstić information content (AvgIpc) is 2.60. The summed E-state index contributed by atoms with van der Waals surface area (Å²) < 4.78 is 185. The van der Waals surface area contributed by atoms with Gasteiger partial charge in [0.2, 0.25) is 5.50 Å². The Labute approximate surface area is 162 Å². The molecule has 0 aromatic heterocycles. The van der Waals surface area contributed by atoms with Gasteiger partial charge in [0.25, 0.3) is 6.43 Å². The summed E-state index contributed by atoms with van der Waals surface area (Å²) in [6.07, 6.45) is -41.6. The molecule has 0 saturated carbocycles. The van der Waals surface area contributed by atoms with Gasteiger partial charge in [0.05, 0.1) is 0 Å². The predicted molar refractivity (Wildman–Crippen MR) is 64.7 cm³/mol. The molecule has 0 rings (SSSR count). The van der Waals surface area contributed by atoms with Gasteiger partial charge in [-0.1, -0.05) is 0 Å². The van der Waals surface area contributed by atoms with Crippen LogP contribution in [-0.4, -0.2) is 80.4 Å². The molecule has 164 valence electrons. The Kier molecular flexibility index (Phi) is 12.5. The summed E-state index contributed by atoms with van der Waals surface area (Å²) in [5.74, 6) is 0. The molecule has 3 nitrogen and oxygen atoms in total. The molecule has 0 N–H and O–H groups in total. The van der Waals surface area contributed by atoms with Gasteiger partial charge in [-0.2, -0.15) is 0 Å². The van der Waals surface area contributed by atoms with Crippen LogP contribution < -0.4 is 18.9 Å². The van der Waals surface area contributed by atoms with Gasteiger partial charge in [0.1, 0.15) is 10.1 Å². The van der Waals surface area contributed by atoms with Crippen LogP contribution in [0.15, 0.2) is 0 Å². The zero-order chi connectivity index (χ0) is 21.9. The first kappa shape index (κ1) is 29.9. The second kappa shape index (κ2) is 11.8. The van der Waals surface area contributed by atoms with Crippen molar-refractivity contribution in [3.05, 3.63) is 0 Å². The summed E-state index contributed by atoms with van der Waals surface area (Å²) in [7, 11) is -6.20. The Morgan fingerprint density at radius 1 is 0.464 bits per heavy atom. The maximum atomic E-state index is 13.3. The summed E-state index contributed by atoms with van der Waals surface area (Å²) in [6.45, 7) is 0. The maximum Gasteiger partial charge on any atom is 1.00 e. The van der Waals surface area contributed by atoms with E-state index in [-0.39, 0.29) is 18.9 Å². The molecule has 0 saturated heterocycles. The molecular formula is C11H11F12LiO3S. The molecule has 0 heterocycles. The fraction of sp³-hybridized carbons (Fsp3) is 1.00. The quantitative estimate of drug-likeness (QED) is 0.252. The first-order valence-corrected chi connectivity index (χ1v) is 8.16. The van der Waals surface area contributed by atoms with Crippen LogP contribution in [0.5, 0.6) is 0 Å². The van der Waals surface area contributed by atoms with Crippen molar-refractivity contribution in [2.45, 2.75) is 67.5 Å². The fourth-order valence-corrected chi connectivity index (χ4v) is 2.14. The molecular weight excluding hydrogens is 447 g/mol. The SMILES string of the molecule is O=S(=O)([O-])C(F)C(F)C(F)C(F)C(F)C(F)C(F)C(F)C(F)C(F)C(F)F.[Li+]. The van der Waals surface area contributed by atoms with E-state index in [1.54, 1.807) is 0 Å². The van der Waals surface area contributed by atoms with E-state index in [2.05, 4.69) is 0 Å². The van der Waals surface area contributed by atoms with Crippen molar-refractivity contribution in [3.8, 4) is 0 Å². The molecule has 28 heavy (non-hydrogen) atoms. The summed E-state index contributed by atoms with van der Waals surface area (Å²) in [6, 6.07) is 0. The molecule has 0 spiro atoms. The van der Waals surface area contributed by atoms with E-state index in [0.29, 0.717) is 0 Å². The molecule has 0 aliphatic rings. The molecule has 0 aromatic carbocycles. The predicted octanol–water partition coefficient (Wildman–Crippen LogP) is 0.139. The Bertz CT molecular complexity index is 557. The molecule has 0 radical (unpaired) electrons. The fourth-order valence-electron chi connectivity index (χ4n) is 1.67. The van der Waals surface area contributed by atoms with Gasteiger partial charge in [0, 0.05) is 0 Å². The second-order valence-corrected chi connectivity index (χ2v) is 6.61. The van der Waals surface area contributed by atoms with E-state index in [1.807, 2.05) is 0 Å². The zero-order valence-electron chi connectivity index (χ0n) is 13.5. The Balaban J connectivity index is 0. The largest absolute Gasteiger partial charge is 1.00 e. The molecule has 0 fully saturated rings. The molecule has 0 amide bonds. The van der Waals surface area contributed by atoms with Crippen LogP contribution in [0.2, 0.25) is 0 Å². The summed E-state index contributed by atoms with van der Waals surface area (Å²) in [4.78, 5) is 0. The summed E-state index contributed by atoms with van der Waals surface area (Å²) >= 11 is 0. The van der Waals surface area contributed by atoms with Crippen LogP contribution in [-0.2, 0) is 10.1 Å². The number of alkyl halides is 12. The third-order valence-electron chi connectivity index (χ3n) is 3.20. The number of rotatable bonds is 11. The average molecular weight is 458 g/mol. The van der Waals surface area contributed by atoms with Crippen molar-refractivity contribution in [1.82, 2.24) is 0 Å². The minimum Gasteiger partial charge on any atom is -0.746 e. The topological polar surface area (TPSA) is 57.2 Å². The van der Waals surface area contributed by atoms with E-state index < -0.39 is 77.6 Å². The van der Waals surface area contributed by atoms with Crippen LogP contribution in [0.4, 0.5) is 52.7 Å². The third kappa shape index (κ3) is 7.49. The number of hydrogen-bond acceptors (Lipinski definition) is 3. The first-order chi connectivity index (χ1) is 12.1. The van der Waals surface area contributed by atoms with E-state index in [0.717, 1.165) is 0 Å². The second-order valence-electron chi connectivity index (χ2n) is 5.18. The molecule has 0 aromatic rings. The zero-order valence-corrected chi connectivity index (χ0v) is 14.3. The van der Waals surface area contributed by atoms with E-state index in [9.17, 15) is 65.7 Å². The van der Waals surface area contributed by atoms with Crippen molar-refractivity contribution < 1.29 is 84.5 Å². The third-order valence-corrected chi connectivity index (χ3v) is 4.01. The normalized spacial score (nSPS) is 23.5. The van der Waals surface area contributed by atoms with Gasteiger partial charge in [-0.05, 0) is 0 Å². The molecule has 17 heteroatoms. The van der Waals surface area contributed by atoms with Crippen molar-refractivity contribution >= 4 is 10.1 Å². The van der Waals surface area contributed by atoms with Gasteiger partial charge in [-0.15, -0.1) is 0 Å². The van der Waals surface area contributed by atoms with Gasteiger partial charge in [-0.25, -0.2) is 61.1 Å². The standard InChI is InChI=1S/C11H12F12O3S.Li/c12-1(2(13)4(15)6(17)8(19)10(21)22)3(14)5(16)7(18)9(20)11(23)27(24,25)26;/h1-11H,(H,24,25,26);/q;+1/p-1. The molecule has 0 aliphatic carbocycles. The van der Waals surface area contributed by atoms with Gasteiger partial charge >= 0.3 is 18.9 Å². The van der Waals surface area contributed by atoms with Crippen LogP contribution in [0.25, 0.3) is 0 Å². The number of halogens is 12. The molecule has 0 bridgehead atoms. The van der Waals surface area contributed by atoms with E-state index in [4.69, 9.17) is 0 Å². The van der Waals surface area contributed by atoms with Gasteiger partial charge < -0.3 is 4.55 Å². The van der Waals surface area contributed by atoms with Gasteiger partial charge in [0.15, 0.2) is 55.5 Å². The van der Waals surface area contributed by atoms with Crippen molar-refractivity contribution in [1.29, 1.82) is 0 Å². The molecule has 10 atom stereocenters.